The molecule has 0 saturated carbocycles. The SMILES string of the molecule is CCCOc1ccccc1NC(=O)CCCC(=O)O. The summed E-state index contributed by atoms with van der Waals surface area (Å²) in [4.78, 5) is 22.0. The first kappa shape index (κ1) is 15.0. The van der Waals surface area contributed by atoms with Crippen LogP contribution in [0.3, 0.4) is 0 Å². The number of carboxylic acids is 1. The lowest BCUT2D eigenvalue weighted by atomic mass is 10.2. The smallest absolute Gasteiger partial charge is 0.303 e. The largest absolute Gasteiger partial charge is 0.491 e. The summed E-state index contributed by atoms with van der Waals surface area (Å²) in [6, 6.07) is 7.21. The number of carboxylic acid groups (broad SMARTS) is 1. The van der Waals surface area contributed by atoms with Gasteiger partial charge in [-0.05, 0) is 25.0 Å². The van der Waals surface area contributed by atoms with E-state index in [1.165, 1.54) is 0 Å². The maximum Gasteiger partial charge on any atom is 0.303 e. The number of carbonyl (C=O) groups is 2. The van der Waals surface area contributed by atoms with Gasteiger partial charge in [0, 0.05) is 12.8 Å². The van der Waals surface area contributed by atoms with Crippen LogP contribution in [0.25, 0.3) is 0 Å². The highest BCUT2D eigenvalue weighted by molar-refractivity contribution is 5.92. The number of carbonyl (C=O) groups excluding carboxylic acids is 1. The number of rotatable bonds is 8. The van der Waals surface area contributed by atoms with Crippen LogP contribution in [-0.2, 0) is 9.59 Å². The minimum atomic E-state index is -0.889. The molecule has 1 aromatic rings. The van der Waals surface area contributed by atoms with Crippen LogP contribution in [0.5, 0.6) is 5.75 Å². The number of para-hydroxylation sites is 2. The quantitative estimate of drug-likeness (QED) is 0.757. The van der Waals surface area contributed by atoms with Crippen LogP contribution in [0.4, 0.5) is 5.69 Å². The lowest BCUT2D eigenvalue weighted by molar-refractivity contribution is -0.137. The Morgan fingerprint density at radius 2 is 2.00 bits per heavy atom. The van der Waals surface area contributed by atoms with Gasteiger partial charge in [0.1, 0.15) is 5.75 Å². The molecule has 19 heavy (non-hydrogen) atoms. The number of amides is 1. The molecule has 0 atom stereocenters. The molecule has 0 fully saturated rings. The molecule has 0 aliphatic rings. The predicted molar refractivity (Wildman–Crippen MR) is 72.3 cm³/mol. The second-order valence-electron chi connectivity index (χ2n) is 4.14. The monoisotopic (exact) mass is 265 g/mol. The van der Waals surface area contributed by atoms with Gasteiger partial charge in [-0.2, -0.15) is 0 Å². The molecule has 0 unspecified atom stereocenters. The third-order valence-corrected chi connectivity index (χ3v) is 2.42. The topological polar surface area (TPSA) is 75.6 Å². The number of hydrogen-bond acceptors (Lipinski definition) is 3. The molecule has 0 aromatic heterocycles. The van der Waals surface area contributed by atoms with E-state index < -0.39 is 5.97 Å². The molecule has 5 heteroatoms. The Kier molecular flexibility index (Phi) is 6.43. The first-order valence-corrected chi connectivity index (χ1v) is 6.37. The van der Waals surface area contributed by atoms with Gasteiger partial charge in [-0.1, -0.05) is 19.1 Å². The van der Waals surface area contributed by atoms with E-state index in [1.807, 2.05) is 19.1 Å². The van der Waals surface area contributed by atoms with Crippen molar-refractivity contribution in [2.75, 3.05) is 11.9 Å². The predicted octanol–water partition coefficient (Wildman–Crippen LogP) is 2.67. The number of ether oxygens (including phenoxy) is 1. The summed E-state index contributed by atoms with van der Waals surface area (Å²) in [5, 5.41) is 11.2. The molecule has 0 heterocycles. The molecule has 1 aromatic carbocycles. The number of hydrogen-bond donors (Lipinski definition) is 2. The molecule has 1 rings (SSSR count). The number of aliphatic carboxylic acids is 1. The van der Waals surface area contributed by atoms with Crippen LogP contribution < -0.4 is 10.1 Å². The Balaban J connectivity index is 2.51. The fourth-order valence-electron chi connectivity index (χ4n) is 1.52. The normalized spacial score (nSPS) is 9.95. The highest BCUT2D eigenvalue weighted by Crippen LogP contribution is 2.24. The molecule has 0 bridgehead atoms. The Bertz CT molecular complexity index is 431. The summed E-state index contributed by atoms with van der Waals surface area (Å²) >= 11 is 0. The van der Waals surface area contributed by atoms with Crippen molar-refractivity contribution in [2.45, 2.75) is 32.6 Å². The van der Waals surface area contributed by atoms with Gasteiger partial charge >= 0.3 is 5.97 Å². The summed E-state index contributed by atoms with van der Waals surface area (Å²) in [7, 11) is 0. The zero-order valence-corrected chi connectivity index (χ0v) is 11.0. The standard InChI is InChI=1S/C14H19NO4/c1-2-10-19-12-7-4-3-6-11(12)15-13(16)8-5-9-14(17)18/h3-4,6-7H,2,5,8-10H2,1H3,(H,15,16)(H,17,18). The fourth-order valence-corrected chi connectivity index (χ4v) is 1.52. The van der Waals surface area contributed by atoms with E-state index in [0.717, 1.165) is 6.42 Å². The van der Waals surface area contributed by atoms with Gasteiger partial charge in [0.2, 0.25) is 5.91 Å². The molecule has 0 aliphatic heterocycles. The molecular formula is C14H19NO4. The maximum atomic E-state index is 11.7. The van der Waals surface area contributed by atoms with Gasteiger partial charge < -0.3 is 15.2 Å². The summed E-state index contributed by atoms with van der Waals surface area (Å²) < 4.78 is 5.52. The minimum absolute atomic E-state index is 0.00139. The lowest BCUT2D eigenvalue weighted by Gasteiger charge is -2.11. The van der Waals surface area contributed by atoms with E-state index in [0.29, 0.717) is 24.5 Å². The van der Waals surface area contributed by atoms with E-state index in [9.17, 15) is 9.59 Å². The first-order valence-electron chi connectivity index (χ1n) is 6.37. The molecule has 1 amide bonds. The van der Waals surface area contributed by atoms with Crippen molar-refractivity contribution in [1.82, 2.24) is 0 Å². The second-order valence-corrected chi connectivity index (χ2v) is 4.14. The van der Waals surface area contributed by atoms with E-state index in [4.69, 9.17) is 9.84 Å². The Hall–Kier alpha value is -2.04. The zero-order valence-electron chi connectivity index (χ0n) is 11.0. The van der Waals surface area contributed by atoms with Gasteiger partial charge in [0.25, 0.3) is 0 Å². The summed E-state index contributed by atoms with van der Waals surface area (Å²) in [5.41, 5.74) is 0.622. The van der Waals surface area contributed by atoms with Gasteiger partial charge in [0.15, 0.2) is 0 Å². The molecular weight excluding hydrogens is 246 g/mol. The average molecular weight is 265 g/mol. The minimum Gasteiger partial charge on any atom is -0.491 e. The van der Waals surface area contributed by atoms with Crippen molar-refractivity contribution in [1.29, 1.82) is 0 Å². The molecule has 104 valence electrons. The van der Waals surface area contributed by atoms with E-state index in [-0.39, 0.29) is 18.7 Å². The number of anilines is 1. The molecule has 2 N–H and O–H groups in total. The van der Waals surface area contributed by atoms with E-state index in [2.05, 4.69) is 5.32 Å². The molecule has 0 radical (unpaired) electrons. The van der Waals surface area contributed by atoms with Gasteiger partial charge in [-0.25, -0.2) is 0 Å². The van der Waals surface area contributed by atoms with E-state index >= 15 is 0 Å². The van der Waals surface area contributed by atoms with Crippen molar-refractivity contribution in [3.63, 3.8) is 0 Å². The summed E-state index contributed by atoms with van der Waals surface area (Å²) in [5.74, 6) is -0.454. The Morgan fingerprint density at radius 3 is 2.68 bits per heavy atom. The van der Waals surface area contributed by atoms with Crippen molar-refractivity contribution in [2.24, 2.45) is 0 Å². The molecule has 5 nitrogen and oxygen atoms in total. The number of nitrogens with one attached hydrogen (secondary N) is 1. The highest BCUT2D eigenvalue weighted by Gasteiger charge is 2.08. The third-order valence-electron chi connectivity index (χ3n) is 2.42. The number of benzene rings is 1. The van der Waals surface area contributed by atoms with Crippen molar-refractivity contribution >= 4 is 17.6 Å². The van der Waals surface area contributed by atoms with Crippen molar-refractivity contribution in [3.8, 4) is 5.75 Å². The van der Waals surface area contributed by atoms with E-state index in [1.54, 1.807) is 12.1 Å². The summed E-state index contributed by atoms with van der Waals surface area (Å²) in [6.45, 7) is 2.60. The Labute approximate surface area is 112 Å². The van der Waals surface area contributed by atoms with Gasteiger partial charge in [-0.3, -0.25) is 9.59 Å². The highest BCUT2D eigenvalue weighted by atomic mass is 16.5. The molecule has 0 saturated heterocycles. The summed E-state index contributed by atoms with van der Waals surface area (Å²) in [6.07, 6.45) is 1.41. The van der Waals surface area contributed by atoms with Crippen LogP contribution in [0.2, 0.25) is 0 Å². The lowest BCUT2D eigenvalue weighted by Crippen LogP contribution is -2.13. The fraction of sp³-hybridized carbons (Fsp3) is 0.429. The van der Waals surface area contributed by atoms with Crippen LogP contribution in [0.15, 0.2) is 24.3 Å². The van der Waals surface area contributed by atoms with Gasteiger partial charge in [0.05, 0.1) is 12.3 Å². The first-order chi connectivity index (χ1) is 9.13. The Morgan fingerprint density at radius 1 is 1.26 bits per heavy atom. The second kappa shape index (κ2) is 8.13. The van der Waals surface area contributed by atoms with Crippen molar-refractivity contribution in [3.05, 3.63) is 24.3 Å². The van der Waals surface area contributed by atoms with Crippen LogP contribution >= 0.6 is 0 Å². The molecule has 0 spiro atoms. The van der Waals surface area contributed by atoms with Crippen molar-refractivity contribution < 1.29 is 19.4 Å². The average Bonchev–Trinajstić information content (AvgIpc) is 2.37. The van der Waals surface area contributed by atoms with Crippen LogP contribution in [0, 0.1) is 0 Å². The zero-order chi connectivity index (χ0) is 14.1. The molecule has 0 aliphatic carbocycles. The van der Waals surface area contributed by atoms with Gasteiger partial charge in [-0.15, -0.1) is 0 Å². The van der Waals surface area contributed by atoms with Crippen LogP contribution in [-0.4, -0.2) is 23.6 Å². The maximum absolute atomic E-state index is 11.7. The third kappa shape index (κ3) is 5.90. The van der Waals surface area contributed by atoms with Crippen LogP contribution in [0.1, 0.15) is 32.6 Å².